The van der Waals surface area contributed by atoms with Gasteiger partial charge in [0, 0.05) is 28.6 Å². The van der Waals surface area contributed by atoms with Crippen LogP contribution in [0.3, 0.4) is 0 Å². The second kappa shape index (κ2) is 11.5. The second-order valence-corrected chi connectivity index (χ2v) is 9.39. The zero-order chi connectivity index (χ0) is 30.1. The van der Waals surface area contributed by atoms with E-state index >= 15 is 0 Å². The van der Waals surface area contributed by atoms with Gasteiger partial charge in [-0.15, -0.1) is 5.10 Å². The molecule has 214 valence electrons. The number of carbonyl (C=O) groups is 2. The van der Waals surface area contributed by atoms with Crippen LogP contribution in [-0.2, 0) is 17.4 Å². The van der Waals surface area contributed by atoms with E-state index in [0.29, 0.717) is 6.20 Å². The van der Waals surface area contributed by atoms with Gasteiger partial charge in [-0.3, -0.25) is 14.4 Å². The average molecular weight is 592 g/mol. The monoisotopic (exact) mass is 591 g/mol. The summed E-state index contributed by atoms with van der Waals surface area (Å²) in [6, 6.07) is 8.11. The molecule has 0 fully saturated rings. The molecule has 0 spiro atoms. The molecule has 4 aromatic rings. The third kappa shape index (κ3) is 6.14. The maximum absolute atomic E-state index is 14.2. The van der Waals surface area contributed by atoms with Crippen LogP contribution in [-0.4, -0.2) is 38.4 Å². The first-order chi connectivity index (χ1) is 19.3. The molecular formula is C27H22ClF4N5O4. The number of halogens is 5. The number of hydrogen-bond donors (Lipinski definition) is 1. The van der Waals surface area contributed by atoms with Gasteiger partial charge >= 0.3 is 6.18 Å². The van der Waals surface area contributed by atoms with Crippen molar-refractivity contribution in [2.45, 2.75) is 32.0 Å². The van der Waals surface area contributed by atoms with Crippen molar-refractivity contribution in [3.8, 4) is 22.6 Å². The maximum atomic E-state index is 14.2. The number of amides is 1. The van der Waals surface area contributed by atoms with E-state index in [0.717, 1.165) is 10.7 Å². The molecule has 4 rings (SSSR count). The first-order valence-corrected chi connectivity index (χ1v) is 12.4. The van der Waals surface area contributed by atoms with Crippen molar-refractivity contribution in [2.24, 2.45) is 5.73 Å². The number of benzene rings is 2. The van der Waals surface area contributed by atoms with Crippen molar-refractivity contribution in [3.05, 3.63) is 92.9 Å². The number of nitrogens with two attached hydrogens (primary N) is 1. The summed E-state index contributed by atoms with van der Waals surface area (Å²) in [5, 5.41) is 6.97. The van der Waals surface area contributed by atoms with Crippen LogP contribution in [0.2, 0.25) is 5.02 Å². The summed E-state index contributed by atoms with van der Waals surface area (Å²) < 4.78 is 61.2. The molecule has 0 radical (unpaired) electrons. The fourth-order valence-corrected chi connectivity index (χ4v) is 4.52. The first-order valence-electron chi connectivity index (χ1n) is 12.0. The summed E-state index contributed by atoms with van der Waals surface area (Å²) in [5.41, 5.74) is 3.80. The van der Waals surface area contributed by atoms with E-state index in [1.807, 2.05) is 0 Å². The van der Waals surface area contributed by atoms with E-state index < -0.39 is 41.0 Å². The minimum atomic E-state index is -4.72. The van der Waals surface area contributed by atoms with E-state index in [1.54, 1.807) is 6.92 Å². The molecule has 1 amide bonds. The lowest BCUT2D eigenvalue weighted by molar-refractivity contribution is -0.141. The number of carbonyl (C=O) groups excluding carboxylic acids is 2. The summed E-state index contributed by atoms with van der Waals surface area (Å²) >= 11 is 6.18. The number of rotatable bonds is 9. The molecule has 0 saturated heterocycles. The number of hydrogen-bond acceptors (Lipinski definition) is 6. The molecule has 14 heteroatoms. The molecule has 2 heterocycles. The molecule has 2 aromatic heterocycles. The molecule has 41 heavy (non-hydrogen) atoms. The molecule has 0 aliphatic carbocycles. The quantitative estimate of drug-likeness (QED) is 0.280. The summed E-state index contributed by atoms with van der Waals surface area (Å²) in [6.45, 7) is 1.68. The fourth-order valence-electron chi connectivity index (χ4n) is 4.35. The van der Waals surface area contributed by atoms with Gasteiger partial charge in [0.15, 0.2) is 11.5 Å². The number of methoxy groups -OCH3 is 1. The maximum Gasteiger partial charge on any atom is 0.436 e. The molecule has 1 atom stereocenters. The van der Waals surface area contributed by atoms with Gasteiger partial charge in [0.2, 0.25) is 0 Å². The molecule has 2 aromatic carbocycles. The Labute approximate surface area is 235 Å². The number of ether oxygens (including phenoxy) is 1. The lowest BCUT2D eigenvalue weighted by Gasteiger charge is -2.20. The highest BCUT2D eigenvalue weighted by molar-refractivity contribution is 6.31. The van der Waals surface area contributed by atoms with Gasteiger partial charge in [0.1, 0.15) is 11.6 Å². The Bertz CT molecular complexity index is 1700. The van der Waals surface area contributed by atoms with Gasteiger partial charge in [-0.2, -0.15) is 13.2 Å². The van der Waals surface area contributed by atoms with Crippen LogP contribution in [0.1, 0.15) is 41.0 Å². The number of alkyl halides is 3. The minimum Gasteiger partial charge on any atom is -0.495 e. The molecule has 0 bridgehead atoms. The summed E-state index contributed by atoms with van der Waals surface area (Å²) in [5.74, 6) is -2.11. The first kappa shape index (κ1) is 29.5. The fraction of sp³-hybridized carbons (Fsp3) is 0.222. The highest BCUT2D eigenvalue weighted by Crippen LogP contribution is 2.36. The Morgan fingerprint density at radius 1 is 1.10 bits per heavy atom. The molecule has 0 aliphatic heterocycles. The van der Waals surface area contributed by atoms with Crippen molar-refractivity contribution in [3.63, 3.8) is 0 Å². The van der Waals surface area contributed by atoms with Gasteiger partial charge < -0.3 is 15.0 Å². The highest BCUT2D eigenvalue weighted by atomic mass is 35.5. The van der Waals surface area contributed by atoms with E-state index in [-0.39, 0.29) is 51.6 Å². The average Bonchev–Trinajstić information content (AvgIpc) is 3.40. The zero-order valence-corrected chi connectivity index (χ0v) is 22.3. The lowest BCUT2D eigenvalue weighted by atomic mass is 9.99. The van der Waals surface area contributed by atoms with Crippen LogP contribution in [0.5, 0.6) is 5.75 Å². The Morgan fingerprint density at radius 3 is 2.41 bits per heavy atom. The summed E-state index contributed by atoms with van der Waals surface area (Å²) in [4.78, 5) is 37.8. The minimum absolute atomic E-state index is 0.118. The van der Waals surface area contributed by atoms with Crippen molar-refractivity contribution >= 4 is 23.3 Å². The Balaban J connectivity index is 1.74. The molecule has 0 unspecified atom stereocenters. The van der Waals surface area contributed by atoms with Crippen molar-refractivity contribution in [2.75, 3.05) is 7.11 Å². The lowest BCUT2D eigenvalue weighted by Crippen LogP contribution is -2.30. The van der Waals surface area contributed by atoms with E-state index in [2.05, 4.69) is 10.3 Å². The topological polar surface area (TPSA) is 122 Å². The normalized spacial score (nSPS) is 12.3. The van der Waals surface area contributed by atoms with Crippen LogP contribution in [0.4, 0.5) is 17.6 Å². The predicted molar refractivity (Wildman–Crippen MR) is 141 cm³/mol. The number of primary amides is 1. The molecule has 2 N–H and O–H groups in total. The third-order valence-corrected chi connectivity index (χ3v) is 6.55. The van der Waals surface area contributed by atoms with Crippen LogP contribution >= 0.6 is 11.6 Å². The van der Waals surface area contributed by atoms with E-state index in [4.69, 9.17) is 22.1 Å². The molecule has 9 nitrogen and oxygen atoms in total. The van der Waals surface area contributed by atoms with Gasteiger partial charge in [-0.25, -0.2) is 9.07 Å². The van der Waals surface area contributed by atoms with Gasteiger partial charge in [0.25, 0.3) is 11.5 Å². The number of nitrogens with zero attached hydrogens (tertiary/aromatic N) is 4. The number of ketones is 1. The van der Waals surface area contributed by atoms with Crippen molar-refractivity contribution < 1.29 is 31.9 Å². The van der Waals surface area contributed by atoms with Crippen molar-refractivity contribution in [1.29, 1.82) is 0 Å². The smallest absolute Gasteiger partial charge is 0.436 e. The Kier molecular flexibility index (Phi) is 8.29. The Morgan fingerprint density at radius 2 is 1.83 bits per heavy atom. The van der Waals surface area contributed by atoms with Gasteiger partial charge in [-0.1, -0.05) is 29.8 Å². The standard InChI is InChI=1S/C27H22ClF4N5O4/c1-3-20(22(38)9-14-4-6-16(26(33)40)19(29)8-14)36-12-23(41-2)18(11-25(36)39)17-10-15(28)5-7-21(17)37-13-24(34-35-37)27(30,31)32/h4-8,10-13,20H,3,9H2,1-2H3,(H2,33,40)/t20-/m0/s1. The van der Waals surface area contributed by atoms with Gasteiger partial charge in [-0.05, 0) is 42.3 Å². The molecule has 0 aliphatic rings. The molecule has 0 saturated carbocycles. The number of pyridine rings is 1. The SMILES string of the molecule is CC[C@@H](C(=O)Cc1ccc(C(N)=O)c(F)c1)n1cc(OC)c(-c2cc(Cl)ccc2-n2cc(C(F)(F)F)nn2)cc1=O. The second-order valence-electron chi connectivity index (χ2n) is 8.95. The van der Waals surface area contributed by atoms with Crippen LogP contribution in [0, 0.1) is 5.82 Å². The highest BCUT2D eigenvalue weighted by Gasteiger charge is 2.35. The van der Waals surface area contributed by atoms with Crippen LogP contribution in [0.15, 0.2) is 59.7 Å². The summed E-state index contributed by atoms with van der Waals surface area (Å²) in [7, 11) is 1.32. The summed E-state index contributed by atoms with van der Waals surface area (Å²) in [6.07, 6.45) is -2.75. The number of aromatic nitrogens is 4. The number of Topliss-reactive ketones (excluding diaryl/α,β-unsaturated/α-hetero) is 1. The van der Waals surface area contributed by atoms with Crippen LogP contribution < -0.4 is 16.0 Å². The predicted octanol–water partition coefficient (Wildman–Crippen LogP) is 4.78. The Hall–Kier alpha value is -4.52. The van der Waals surface area contributed by atoms with E-state index in [9.17, 15) is 31.9 Å². The van der Waals surface area contributed by atoms with Gasteiger partial charge in [0.05, 0.1) is 36.8 Å². The third-order valence-electron chi connectivity index (χ3n) is 6.31. The largest absolute Gasteiger partial charge is 0.495 e. The molecular weight excluding hydrogens is 570 g/mol. The van der Waals surface area contributed by atoms with Crippen molar-refractivity contribution in [1.82, 2.24) is 19.6 Å². The zero-order valence-electron chi connectivity index (χ0n) is 21.6. The van der Waals surface area contributed by atoms with E-state index in [1.165, 1.54) is 54.3 Å². The van der Waals surface area contributed by atoms with Crippen LogP contribution in [0.25, 0.3) is 16.8 Å².